The summed E-state index contributed by atoms with van der Waals surface area (Å²) in [5.41, 5.74) is 9.89. The zero-order valence-electron chi connectivity index (χ0n) is 10.9. The van der Waals surface area contributed by atoms with E-state index in [1.165, 1.54) is 21.6 Å². The molecule has 2 heteroatoms. The summed E-state index contributed by atoms with van der Waals surface area (Å²) in [5, 5.41) is 0.325. The zero-order chi connectivity index (χ0) is 13.0. The van der Waals surface area contributed by atoms with Crippen LogP contribution in [0.25, 0.3) is 0 Å². The molecule has 0 saturated carbocycles. The van der Waals surface area contributed by atoms with E-state index in [4.69, 9.17) is 5.73 Å². The molecule has 2 aromatic rings. The summed E-state index contributed by atoms with van der Waals surface area (Å²) in [6.45, 7) is 4.98. The van der Waals surface area contributed by atoms with Crippen molar-refractivity contribution in [1.82, 2.24) is 0 Å². The van der Waals surface area contributed by atoms with Gasteiger partial charge in [-0.3, -0.25) is 0 Å². The molecule has 18 heavy (non-hydrogen) atoms. The first-order valence-corrected chi connectivity index (χ1v) is 7.08. The number of benzene rings is 2. The summed E-state index contributed by atoms with van der Waals surface area (Å²) in [5.74, 6) is 0. The maximum Gasteiger partial charge on any atom is 0.0467 e. The van der Waals surface area contributed by atoms with Crippen molar-refractivity contribution in [1.29, 1.82) is 0 Å². The Hall–Kier alpha value is -1.25. The van der Waals surface area contributed by atoms with E-state index in [1.54, 1.807) is 0 Å². The largest absolute Gasteiger partial charge is 0.329 e. The van der Waals surface area contributed by atoms with E-state index in [9.17, 15) is 0 Å². The van der Waals surface area contributed by atoms with Gasteiger partial charge in [-0.25, -0.2) is 0 Å². The third-order valence-electron chi connectivity index (χ3n) is 3.05. The van der Waals surface area contributed by atoms with Gasteiger partial charge in [0.15, 0.2) is 0 Å². The lowest BCUT2D eigenvalue weighted by Gasteiger charge is -2.17. The highest BCUT2D eigenvalue weighted by Gasteiger charge is 2.13. The predicted octanol–water partition coefficient (Wildman–Crippen LogP) is 4.10. The number of thioether (sulfide) groups is 1. The monoisotopic (exact) mass is 257 g/mol. The molecule has 0 heterocycles. The molecule has 94 valence electrons. The second-order valence-corrected chi connectivity index (χ2v) is 5.69. The van der Waals surface area contributed by atoms with Crippen LogP contribution >= 0.6 is 11.8 Å². The second kappa shape index (κ2) is 6.07. The molecular weight excluding hydrogens is 238 g/mol. The quantitative estimate of drug-likeness (QED) is 0.835. The van der Waals surface area contributed by atoms with Crippen molar-refractivity contribution in [3.05, 3.63) is 65.2 Å². The molecule has 1 unspecified atom stereocenters. The average Bonchev–Trinajstić information content (AvgIpc) is 2.40. The number of hydrogen-bond acceptors (Lipinski definition) is 2. The first kappa shape index (κ1) is 13.2. The van der Waals surface area contributed by atoms with E-state index >= 15 is 0 Å². The molecule has 2 rings (SSSR count). The Bertz CT molecular complexity index is 488. The molecule has 1 atom stereocenters. The minimum Gasteiger partial charge on any atom is -0.329 e. The summed E-state index contributed by atoms with van der Waals surface area (Å²) in [6.07, 6.45) is 0. The first-order valence-electron chi connectivity index (χ1n) is 6.20. The molecule has 1 nitrogen and oxygen atoms in total. The molecule has 0 aliphatic carbocycles. The van der Waals surface area contributed by atoms with Crippen LogP contribution in [0.4, 0.5) is 0 Å². The van der Waals surface area contributed by atoms with Crippen LogP contribution in [0.5, 0.6) is 0 Å². The van der Waals surface area contributed by atoms with Crippen LogP contribution in [-0.2, 0) is 0 Å². The highest BCUT2D eigenvalue weighted by Crippen LogP contribution is 2.37. The molecule has 0 spiro atoms. The summed E-state index contributed by atoms with van der Waals surface area (Å²) in [4.78, 5) is 1.36. The Morgan fingerprint density at radius 1 is 0.944 bits per heavy atom. The highest BCUT2D eigenvalue weighted by atomic mass is 32.2. The van der Waals surface area contributed by atoms with Crippen molar-refractivity contribution in [3.8, 4) is 0 Å². The van der Waals surface area contributed by atoms with Gasteiger partial charge in [0.2, 0.25) is 0 Å². The Balaban J connectivity index is 2.26. The fourth-order valence-corrected chi connectivity index (χ4v) is 3.23. The van der Waals surface area contributed by atoms with E-state index in [2.05, 4.69) is 56.3 Å². The Labute approximate surface area is 113 Å². The van der Waals surface area contributed by atoms with Crippen molar-refractivity contribution >= 4 is 11.8 Å². The lowest BCUT2D eigenvalue weighted by atomic mass is 10.1. The van der Waals surface area contributed by atoms with E-state index < -0.39 is 0 Å². The minimum atomic E-state index is 0.325. The van der Waals surface area contributed by atoms with Crippen molar-refractivity contribution in [2.75, 3.05) is 6.54 Å². The highest BCUT2D eigenvalue weighted by molar-refractivity contribution is 7.99. The fraction of sp³-hybridized carbons (Fsp3) is 0.250. The SMILES string of the molecule is Cc1cccc(C)c1SC(CN)c1ccccc1. The lowest BCUT2D eigenvalue weighted by molar-refractivity contribution is 0.939. The van der Waals surface area contributed by atoms with E-state index in [-0.39, 0.29) is 0 Å². The smallest absolute Gasteiger partial charge is 0.0467 e. The minimum absolute atomic E-state index is 0.325. The summed E-state index contributed by atoms with van der Waals surface area (Å²) < 4.78 is 0. The summed E-state index contributed by atoms with van der Waals surface area (Å²) >= 11 is 1.87. The fourth-order valence-electron chi connectivity index (χ4n) is 2.05. The van der Waals surface area contributed by atoms with Crippen molar-refractivity contribution in [2.45, 2.75) is 24.0 Å². The van der Waals surface area contributed by atoms with Gasteiger partial charge in [0.1, 0.15) is 0 Å². The molecule has 0 bridgehead atoms. The van der Waals surface area contributed by atoms with Gasteiger partial charge in [-0.2, -0.15) is 0 Å². The normalized spacial score (nSPS) is 12.4. The molecule has 0 fully saturated rings. The van der Waals surface area contributed by atoms with Gasteiger partial charge >= 0.3 is 0 Å². The molecule has 0 aromatic heterocycles. The Kier molecular flexibility index (Phi) is 4.45. The summed E-state index contributed by atoms with van der Waals surface area (Å²) in [6, 6.07) is 16.9. The molecule has 0 amide bonds. The van der Waals surface area contributed by atoms with E-state index in [0.717, 1.165) is 0 Å². The van der Waals surface area contributed by atoms with E-state index in [1.807, 2.05) is 17.8 Å². The van der Waals surface area contributed by atoms with Gasteiger partial charge in [0, 0.05) is 16.7 Å². The van der Waals surface area contributed by atoms with Crippen molar-refractivity contribution in [2.24, 2.45) is 5.73 Å². The van der Waals surface area contributed by atoms with Crippen molar-refractivity contribution < 1.29 is 0 Å². The molecule has 0 aliphatic rings. The van der Waals surface area contributed by atoms with Gasteiger partial charge < -0.3 is 5.73 Å². The number of aryl methyl sites for hydroxylation is 2. The third kappa shape index (κ3) is 2.95. The van der Waals surface area contributed by atoms with Gasteiger partial charge in [0.05, 0.1) is 0 Å². The maximum absolute atomic E-state index is 5.93. The van der Waals surface area contributed by atoms with Crippen molar-refractivity contribution in [3.63, 3.8) is 0 Å². The topological polar surface area (TPSA) is 26.0 Å². The number of rotatable bonds is 4. The van der Waals surface area contributed by atoms with E-state index in [0.29, 0.717) is 11.8 Å². The van der Waals surface area contributed by atoms with Gasteiger partial charge in [0.25, 0.3) is 0 Å². The number of hydrogen-bond donors (Lipinski definition) is 1. The number of nitrogens with two attached hydrogens (primary N) is 1. The first-order chi connectivity index (χ1) is 8.72. The Morgan fingerprint density at radius 2 is 1.56 bits per heavy atom. The molecule has 2 aromatic carbocycles. The van der Waals surface area contributed by atoms with Crippen LogP contribution in [0.1, 0.15) is 21.9 Å². The van der Waals surface area contributed by atoms with Gasteiger partial charge in [-0.05, 0) is 30.5 Å². The maximum atomic E-state index is 5.93. The average molecular weight is 257 g/mol. The molecule has 0 aliphatic heterocycles. The lowest BCUT2D eigenvalue weighted by Crippen LogP contribution is -2.09. The van der Waals surface area contributed by atoms with Crippen LogP contribution in [0, 0.1) is 13.8 Å². The van der Waals surface area contributed by atoms with Crippen LogP contribution in [0.2, 0.25) is 0 Å². The third-order valence-corrected chi connectivity index (χ3v) is 4.68. The second-order valence-electron chi connectivity index (χ2n) is 4.47. The zero-order valence-corrected chi connectivity index (χ0v) is 11.7. The van der Waals surface area contributed by atoms with Gasteiger partial charge in [-0.15, -0.1) is 11.8 Å². The molecule has 0 saturated heterocycles. The van der Waals surface area contributed by atoms with Crippen LogP contribution in [0.15, 0.2) is 53.4 Å². The molecule has 2 N–H and O–H groups in total. The predicted molar refractivity (Wildman–Crippen MR) is 80.0 cm³/mol. The van der Waals surface area contributed by atoms with Crippen LogP contribution < -0.4 is 5.73 Å². The van der Waals surface area contributed by atoms with Crippen LogP contribution in [-0.4, -0.2) is 6.54 Å². The Morgan fingerprint density at radius 3 is 2.11 bits per heavy atom. The van der Waals surface area contributed by atoms with Crippen LogP contribution in [0.3, 0.4) is 0 Å². The standard InChI is InChI=1S/C16H19NS/c1-12-7-6-8-13(2)16(12)18-15(11-17)14-9-4-3-5-10-14/h3-10,15H,11,17H2,1-2H3. The molecular formula is C16H19NS. The molecule has 0 radical (unpaired) electrons. The summed E-state index contributed by atoms with van der Waals surface area (Å²) in [7, 11) is 0. The van der Waals surface area contributed by atoms with Gasteiger partial charge in [-0.1, -0.05) is 48.5 Å².